The first kappa shape index (κ1) is 11.3. The highest BCUT2D eigenvalue weighted by atomic mass is 32.2. The summed E-state index contributed by atoms with van der Waals surface area (Å²) >= 11 is 0. The molecule has 1 aliphatic heterocycles. The first-order valence-electron chi connectivity index (χ1n) is 5.15. The Balaban J connectivity index is 2.05. The summed E-state index contributed by atoms with van der Waals surface area (Å²) in [6.45, 7) is 0. The molecule has 0 amide bonds. The second-order valence-electron chi connectivity index (χ2n) is 3.94. The second kappa shape index (κ2) is 4.37. The fourth-order valence-electron chi connectivity index (χ4n) is 1.83. The first-order valence-corrected chi connectivity index (χ1v) is 6.97. The Bertz CT molecular complexity index is 475. The lowest BCUT2D eigenvalue weighted by atomic mass is 10.2. The summed E-state index contributed by atoms with van der Waals surface area (Å²) in [7, 11) is -2.95. The molecule has 0 radical (unpaired) electrons. The monoisotopic (exact) mass is 244 g/mol. The minimum absolute atomic E-state index is 0.102. The molecular weight excluding hydrogens is 231 g/mol. The molecule has 0 aliphatic carbocycles. The third kappa shape index (κ3) is 2.91. The predicted molar refractivity (Wildman–Crippen MR) is 59.5 cm³/mol. The van der Waals surface area contributed by atoms with Gasteiger partial charge in [0.2, 0.25) is 5.95 Å². The van der Waals surface area contributed by atoms with Gasteiger partial charge in [0, 0.05) is 6.04 Å². The van der Waals surface area contributed by atoms with Crippen LogP contribution in [0.5, 0.6) is 0 Å². The van der Waals surface area contributed by atoms with Crippen LogP contribution in [0.25, 0.3) is 0 Å². The van der Waals surface area contributed by atoms with Gasteiger partial charge in [-0.15, -0.1) is 0 Å². The standard InChI is InChI=1S/C10H13FN2O2S/c11-9-4-1-5-10(13-9)12-8-3-2-6-16(14,15)7-8/h1,4-5,8H,2-3,6-7H2,(H,12,13). The van der Waals surface area contributed by atoms with E-state index >= 15 is 0 Å². The largest absolute Gasteiger partial charge is 0.366 e. The van der Waals surface area contributed by atoms with Crippen LogP contribution in [0.4, 0.5) is 10.2 Å². The zero-order chi connectivity index (χ0) is 11.6. The third-order valence-corrected chi connectivity index (χ3v) is 4.35. The Hall–Kier alpha value is -1.17. The maximum absolute atomic E-state index is 12.8. The summed E-state index contributed by atoms with van der Waals surface area (Å²) in [5.41, 5.74) is 0. The van der Waals surface area contributed by atoms with Gasteiger partial charge in [0.25, 0.3) is 0 Å². The van der Waals surface area contributed by atoms with E-state index in [0.717, 1.165) is 6.42 Å². The maximum Gasteiger partial charge on any atom is 0.214 e. The predicted octanol–water partition coefficient (Wildman–Crippen LogP) is 1.21. The number of halogens is 1. The van der Waals surface area contributed by atoms with E-state index in [1.807, 2.05) is 0 Å². The van der Waals surface area contributed by atoms with Gasteiger partial charge in [-0.1, -0.05) is 6.07 Å². The van der Waals surface area contributed by atoms with Crippen molar-refractivity contribution in [1.82, 2.24) is 4.98 Å². The number of nitrogens with zero attached hydrogens (tertiary/aromatic N) is 1. The smallest absolute Gasteiger partial charge is 0.214 e. The van der Waals surface area contributed by atoms with E-state index in [0.29, 0.717) is 12.2 Å². The molecule has 1 fully saturated rings. The van der Waals surface area contributed by atoms with E-state index in [2.05, 4.69) is 10.3 Å². The average Bonchev–Trinajstić information content (AvgIpc) is 2.15. The SMILES string of the molecule is O=S1(=O)CCCC(Nc2cccc(F)n2)C1. The summed E-state index contributed by atoms with van der Waals surface area (Å²) in [5, 5.41) is 2.95. The van der Waals surface area contributed by atoms with Gasteiger partial charge in [0.15, 0.2) is 9.84 Å². The van der Waals surface area contributed by atoms with E-state index in [1.165, 1.54) is 6.07 Å². The van der Waals surface area contributed by atoms with Crippen molar-refractivity contribution in [2.75, 3.05) is 16.8 Å². The molecule has 1 aliphatic rings. The Labute approximate surface area is 93.8 Å². The van der Waals surface area contributed by atoms with Crippen LogP contribution in [0.15, 0.2) is 18.2 Å². The molecule has 1 atom stereocenters. The van der Waals surface area contributed by atoms with E-state index in [-0.39, 0.29) is 17.5 Å². The molecule has 1 saturated heterocycles. The normalized spacial score (nSPS) is 23.9. The van der Waals surface area contributed by atoms with Crippen LogP contribution < -0.4 is 5.32 Å². The fourth-order valence-corrected chi connectivity index (χ4v) is 3.47. The van der Waals surface area contributed by atoms with Crippen molar-refractivity contribution in [2.24, 2.45) is 0 Å². The van der Waals surface area contributed by atoms with Crippen molar-refractivity contribution in [3.8, 4) is 0 Å². The van der Waals surface area contributed by atoms with Gasteiger partial charge in [-0.05, 0) is 25.0 Å². The molecule has 1 aromatic rings. The quantitative estimate of drug-likeness (QED) is 0.794. The molecule has 0 saturated carbocycles. The molecular formula is C10H13FN2O2S. The summed E-state index contributed by atoms with van der Waals surface area (Å²) < 4.78 is 35.6. The Morgan fingerprint density at radius 2 is 2.25 bits per heavy atom. The average molecular weight is 244 g/mol. The van der Waals surface area contributed by atoms with E-state index in [9.17, 15) is 12.8 Å². The number of anilines is 1. The zero-order valence-corrected chi connectivity index (χ0v) is 9.50. The van der Waals surface area contributed by atoms with Gasteiger partial charge < -0.3 is 5.32 Å². The molecule has 1 N–H and O–H groups in total. The molecule has 4 nitrogen and oxygen atoms in total. The van der Waals surface area contributed by atoms with Crippen LogP contribution in [-0.4, -0.2) is 30.9 Å². The highest BCUT2D eigenvalue weighted by molar-refractivity contribution is 7.91. The lowest BCUT2D eigenvalue weighted by molar-refractivity contribution is 0.559. The number of hydrogen-bond donors (Lipinski definition) is 1. The maximum atomic E-state index is 12.8. The number of hydrogen-bond acceptors (Lipinski definition) is 4. The number of aromatic nitrogens is 1. The van der Waals surface area contributed by atoms with Crippen molar-refractivity contribution in [1.29, 1.82) is 0 Å². The van der Waals surface area contributed by atoms with Crippen molar-refractivity contribution in [3.05, 3.63) is 24.1 Å². The van der Waals surface area contributed by atoms with Crippen molar-refractivity contribution >= 4 is 15.7 Å². The van der Waals surface area contributed by atoms with Gasteiger partial charge in [0.05, 0.1) is 11.5 Å². The lowest BCUT2D eigenvalue weighted by Gasteiger charge is -2.23. The van der Waals surface area contributed by atoms with Crippen molar-refractivity contribution in [3.63, 3.8) is 0 Å². The van der Waals surface area contributed by atoms with Gasteiger partial charge in [-0.2, -0.15) is 4.39 Å². The minimum Gasteiger partial charge on any atom is -0.366 e. The molecule has 0 aromatic carbocycles. The van der Waals surface area contributed by atoms with Crippen molar-refractivity contribution in [2.45, 2.75) is 18.9 Å². The van der Waals surface area contributed by atoms with Gasteiger partial charge in [-0.25, -0.2) is 13.4 Å². The third-order valence-electron chi connectivity index (χ3n) is 2.53. The lowest BCUT2D eigenvalue weighted by Crippen LogP contribution is -2.35. The molecule has 6 heteroatoms. The molecule has 16 heavy (non-hydrogen) atoms. The molecule has 1 aromatic heterocycles. The molecule has 88 valence electrons. The molecule has 2 heterocycles. The highest BCUT2D eigenvalue weighted by Crippen LogP contribution is 2.16. The summed E-state index contributed by atoms with van der Waals surface area (Å²) in [4.78, 5) is 3.64. The van der Waals surface area contributed by atoms with Crippen LogP contribution in [-0.2, 0) is 9.84 Å². The Morgan fingerprint density at radius 3 is 2.94 bits per heavy atom. The number of nitrogens with one attached hydrogen (secondary N) is 1. The van der Waals surface area contributed by atoms with Crippen LogP contribution >= 0.6 is 0 Å². The van der Waals surface area contributed by atoms with E-state index < -0.39 is 15.8 Å². The summed E-state index contributed by atoms with van der Waals surface area (Å²) in [6.07, 6.45) is 1.42. The topological polar surface area (TPSA) is 59.1 Å². The molecule has 0 spiro atoms. The number of sulfone groups is 1. The second-order valence-corrected chi connectivity index (χ2v) is 6.17. The van der Waals surface area contributed by atoms with Crippen LogP contribution in [0.2, 0.25) is 0 Å². The van der Waals surface area contributed by atoms with Crippen LogP contribution in [0.1, 0.15) is 12.8 Å². The Morgan fingerprint density at radius 1 is 1.44 bits per heavy atom. The fraction of sp³-hybridized carbons (Fsp3) is 0.500. The number of rotatable bonds is 2. The Kier molecular flexibility index (Phi) is 3.09. The molecule has 1 unspecified atom stereocenters. The van der Waals surface area contributed by atoms with Crippen molar-refractivity contribution < 1.29 is 12.8 Å². The summed E-state index contributed by atoms with van der Waals surface area (Å²) in [5.74, 6) is 0.179. The van der Waals surface area contributed by atoms with Crippen LogP contribution in [0, 0.1) is 5.95 Å². The van der Waals surface area contributed by atoms with Gasteiger partial charge in [0.1, 0.15) is 5.82 Å². The van der Waals surface area contributed by atoms with Gasteiger partial charge >= 0.3 is 0 Å². The highest BCUT2D eigenvalue weighted by Gasteiger charge is 2.24. The summed E-state index contributed by atoms with van der Waals surface area (Å²) in [6, 6.07) is 4.27. The first-order chi connectivity index (χ1) is 7.55. The van der Waals surface area contributed by atoms with E-state index in [1.54, 1.807) is 12.1 Å². The minimum atomic E-state index is -2.95. The van der Waals surface area contributed by atoms with Gasteiger partial charge in [-0.3, -0.25) is 0 Å². The van der Waals surface area contributed by atoms with Crippen LogP contribution in [0.3, 0.4) is 0 Å². The zero-order valence-electron chi connectivity index (χ0n) is 8.69. The van der Waals surface area contributed by atoms with E-state index in [4.69, 9.17) is 0 Å². The number of pyridine rings is 1. The molecule has 0 bridgehead atoms. The molecule has 2 rings (SSSR count).